The van der Waals surface area contributed by atoms with Gasteiger partial charge in [-0.2, -0.15) is 0 Å². The van der Waals surface area contributed by atoms with E-state index in [4.69, 9.17) is 0 Å². The second-order valence-electron chi connectivity index (χ2n) is 3.76. The molecule has 2 aromatic rings. The molecule has 0 bridgehead atoms. The van der Waals surface area contributed by atoms with Crippen molar-refractivity contribution in [2.45, 2.75) is 6.92 Å². The Balaban J connectivity index is 2.09. The van der Waals surface area contributed by atoms with Crippen molar-refractivity contribution in [3.63, 3.8) is 0 Å². The highest BCUT2D eigenvalue weighted by Gasteiger charge is 2.05. The van der Waals surface area contributed by atoms with Crippen molar-refractivity contribution in [2.24, 2.45) is 7.05 Å². The summed E-state index contributed by atoms with van der Waals surface area (Å²) in [4.78, 5) is 4.53. The standard InChI is InChI=1S/C12H18N4/c1-3-13-8-9-14-12-15-10-6-4-5-7-11(10)16(12)2/h4-7,13H,3,8-9H2,1-2H3,(H,14,15). The molecule has 2 N–H and O–H groups in total. The van der Waals surface area contributed by atoms with Gasteiger partial charge in [-0.25, -0.2) is 4.98 Å². The molecule has 0 aliphatic rings. The van der Waals surface area contributed by atoms with Gasteiger partial charge in [0.2, 0.25) is 5.95 Å². The molecule has 1 aromatic carbocycles. The zero-order valence-corrected chi connectivity index (χ0v) is 9.83. The smallest absolute Gasteiger partial charge is 0.203 e. The summed E-state index contributed by atoms with van der Waals surface area (Å²) in [5.41, 5.74) is 2.20. The predicted octanol–water partition coefficient (Wildman–Crippen LogP) is 1.59. The van der Waals surface area contributed by atoms with Crippen LogP contribution in [0.5, 0.6) is 0 Å². The molecule has 1 aromatic heterocycles. The number of nitrogens with one attached hydrogen (secondary N) is 2. The maximum atomic E-state index is 4.53. The first-order valence-electron chi connectivity index (χ1n) is 5.69. The molecule has 0 aliphatic carbocycles. The van der Waals surface area contributed by atoms with Crippen molar-refractivity contribution in [2.75, 3.05) is 25.0 Å². The molecule has 0 radical (unpaired) electrons. The molecule has 0 fully saturated rings. The summed E-state index contributed by atoms with van der Waals surface area (Å²) in [7, 11) is 2.03. The minimum Gasteiger partial charge on any atom is -0.354 e. The number of imidazole rings is 1. The van der Waals surface area contributed by atoms with E-state index in [9.17, 15) is 0 Å². The minimum absolute atomic E-state index is 0.894. The third kappa shape index (κ3) is 2.17. The second-order valence-corrected chi connectivity index (χ2v) is 3.76. The number of benzene rings is 1. The lowest BCUT2D eigenvalue weighted by Crippen LogP contribution is -2.22. The van der Waals surface area contributed by atoms with E-state index in [1.807, 2.05) is 25.2 Å². The summed E-state index contributed by atoms with van der Waals surface area (Å²) in [5, 5.41) is 6.60. The van der Waals surface area contributed by atoms with Gasteiger partial charge in [-0.05, 0) is 18.7 Å². The highest BCUT2D eigenvalue weighted by Crippen LogP contribution is 2.16. The van der Waals surface area contributed by atoms with Crippen molar-refractivity contribution in [1.82, 2.24) is 14.9 Å². The van der Waals surface area contributed by atoms with Crippen LogP contribution in [0.4, 0.5) is 5.95 Å². The molecule has 0 spiro atoms. The van der Waals surface area contributed by atoms with Crippen molar-refractivity contribution < 1.29 is 0 Å². The Morgan fingerprint density at radius 3 is 2.81 bits per heavy atom. The van der Waals surface area contributed by atoms with Gasteiger partial charge in [0.15, 0.2) is 0 Å². The van der Waals surface area contributed by atoms with E-state index in [1.54, 1.807) is 0 Å². The van der Waals surface area contributed by atoms with E-state index >= 15 is 0 Å². The van der Waals surface area contributed by atoms with Gasteiger partial charge in [-0.15, -0.1) is 0 Å². The Morgan fingerprint density at radius 1 is 1.25 bits per heavy atom. The first-order chi connectivity index (χ1) is 7.83. The molecule has 86 valence electrons. The quantitative estimate of drug-likeness (QED) is 0.749. The third-order valence-electron chi connectivity index (χ3n) is 2.62. The Labute approximate surface area is 95.7 Å². The van der Waals surface area contributed by atoms with E-state index in [2.05, 4.69) is 33.2 Å². The second kappa shape index (κ2) is 4.99. The SMILES string of the molecule is CCNCCNc1nc2ccccc2n1C. The fourth-order valence-electron chi connectivity index (χ4n) is 1.74. The molecule has 0 saturated carbocycles. The van der Waals surface area contributed by atoms with Gasteiger partial charge in [0, 0.05) is 20.1 Å². The van der Waals surface area contributed by atoms with Gasteiger partial charge < -0.3 is 15.2 Å². The third-order valence-corrected chi connectivity index (χ3v) is 2.62. The number of hydrogen-bond donors (Lipinski definition) is 2. The van der Waals surface area contributed by atoms with Gasteiger partial charge in [-0.3, -0.25) is 0 Å². The van der Waals surface area contributed by atoms with Crippen molar-refractivity contribution in [3.8, 4) is 0 Å². The first-order valence-corrected chi connectivity index (χ1v) is 5.69. The normalized spacial score (nSPS) is 10.9. The molecule has 0 unspecified atom stereocenters. The van der Waals surface area contributed by atoms with E-state index in [1.165, 1.54) is 0 Å². The predicted molar refractivity (Wildman–Crippen MR) is 67.7 cm³/mol. The molecule has 2 rings (SSSR count). The van der Waals surface area contributed by atoms with Crippen LogP contribution in [0.2, 0.25) is 0 Å². The number of rotatable bonds is 5. The van der Waals surface area contributed by atoms with Gasteiger partial charge in [0.1, 0.15) is 0 Å². The van der Waals surface area contributed by atoms with Crippen molar-refractivity contribution in [3.05, 3.63) is 24.3 Å². The van der Waals surface area contributed by atoms with Crippen molar-refractivity contribution >= 4 is 17.0 Å². The molecule has 0 aliphatic heterocycles. The lowest BCUT2D eigenvalue weighted by Gasteiger charge is -2.06. The monoisotopic (exact) mass is 218 g/mol. The fraction of sp³-hybridized carbons (Fsp3) is 0.417. The highest BCUT2D eigenvalue weighted by molar-refractivity contribution is 5.78. The topological polar surface area (TPSA) is 41.9 Å². The van der Waals surface area contributed by atoms with Crippen LogP contribution in [-0.4, -0.2) is 29.2 Å². The number of aromatic nitrogens is 2. The van der Waals surface area contributed by atoms with Crippen molar-refractivity contribution in [1.29, 1.82) is 0 Å². The average Bonchev–Trinajstić information content (AvgIpc) is 2.63. The number of anilines is 1. The number of likely N-dealkylation sites (N-methyl/N-ethyl adjacent to an activating group) is 1. The van der Waals surface area contributed by atoms with E-state index < -0.39 is 0 Å². The number of aryl methyl sites for hydroxylation is 1. The minimum atomic E-state index is 0.894. The molecule has 4 nitrogen and oxygen atoms in total. The van der Waals surface area contributed by atoms with Gasteiger partial charge in [-0.1, -0.05) is 19.1 Å². The van der Waals surface area contributed by atoms with Crippen LogP contribution in [0.1, 0.15) is 6.92 Å². The molecular formula is C12H18N4. The Kier molecular flexibility index (Phi) is 3.41. The van der Waals surface area contributed by atoms with Crippen LogP contribution < -0.4 is 10.6 Å². The summed E-state index contributed by atoms with van der Waals surface area (Å²) in [6, 6.07) is 8.16. The van der Waals surface area contributed by atoms with E-state index in [-0.39, 0.29) is 0 Å². The van der Waals surface area contributed by atoms with Crippen LogP contribution >= 0.6 is 0 Å². The fourth-order valence-corrected chi connectivity index (χ4v) is 1.74. The van der Waals surface area contributed by atoms with Crippen LogP contribution in [0.25, 0.3) is 11.0 Å². The molecule has 0 atom stereocenters. The van der Waals surface area contributed by atoms with E-state index in [0.29, 0.717) is 0 Å². The largest absolute Gasteiger partial charge is 0.354 e. The van der Waals surface area contributed by atoms with Gasteiger partial charge >= 0.3 is 0 Å². The molecule has 0 saturated heterocycles. The number of hydrogen-bond acceptors (Lipinski definition) is 3. The van der Waals surface area contributed by atoms with Crippen LogP contribution in [0.3, 0.4) is 0 Å². The number of fused-ring (bicyclic) bond motifs is 1. The maximum Gasteiger partial charge on any atom is 0.203 e. The Hall–Kier alpha value is -1.55. The lowest BCUT2D eigenvalue weighted by atomic mass is 10.3. The van der Waals surface area contributed by atoms with Gasteiger partial charge in [0.25, 0.3) is 0 Å². The summed E-state index contributed by atoms with van der Waals surface area (Å²) in [6.45, 7) is 4.96. The number of para-hydroxylation sites is 2. The zero-order chi connectivity index (χ0) is 11.4. The zero-order valence-electron chi connectivity index (χ0n) is 9.83. The molecule has 0 amide bonds. The Morgan fingerprint density at radius 2 is 2.06 bits per heavy atom. The maximum absolute atomic E-state index is 4.53. The average molecular weight is 218 g/mol. The van der Waals surface area contributed by atoms with Gasteiger partial charge in [0.05, 0.1) is 11.0 Å². The summed E-state index contributed by atoms with van der Waals surface area (Å²) in [5.74, 6) is 0.930. The number of nitrogens with zero attached hydrogens (tertiary/aromatic N) is 2. The first kappa shape index (κ1) is 11.0. The Bertz CT molecular complexity index is 461. The van der Waals surface area contributed by atoms with Crippen LogP contribution in [0.15, 0.2) is 24.3 Å². The lowest BCUT2D eigenvalue weighted by molar-refractivity contribution is 0.733. The van der Waals surface area contributed by atoms with Crippen LogP contribution in [0, 0.1) is 0 Å². The molecule has 1 heterocycles. The van der Waals surface area contributed by atoms with Crippen LogP contribution in [-0.2, 0) is 7.05 Å². The molecule has 4 heteroatoms. The molecular weight excluding hydrogens is 200 g/mol. The molecule has 16 heavy (non-hydrogen) atoms. The summed E-state index contributed by atoms with van der Waals surface area (Å²) >= 11 is 0. The summed E-state index contributed by atoms with van der Waals surface area (Å²) in [6.07, 6.45) is 0. The van der Waals surface area contributed by atoms with E-state index in [0.717, 1.165) is 36.6 Å². The summed E-state index contributed by atoms with van der Waals surface area (Å²) < 4.78 is 2.08. The highest BCUT2D eigenvalue weighted by atomic mass is 15.2.